The molecule has 7 nitrogen and oxygen atoms in total. The van der Waals surface area contributed by atoms with E-state index < -0.39 is 6.04 Å². The lowest BCUT2D eigenvalue weighted by Gasteiger charge is -2.35. The highest BCUT2D eigenvalue weighted by Crippen LogP contribution is 2.23. The van der Waals surface area contributed by atoms with Crippen molar-refractivity contribution in [3.05, 3.63) is 35.9 Å². The van der Waals surface area contributed by atoms with E-state index in [0.29, 0.717) is 26.2 Å². The zero-order valence-corrected chi connectivity index (χ0v) is 13.7. The molecule has 2 saturated heterocycles. The van der Waals surface area contributed by atoms with E-state index in [1.807, 2.05) is 30.3 Å². The fourth-order valence-corrected chi connectivity index (χ4v) is 3.06. The van der Waals surface area contributed by atoms with Crippen LogP contribution in [0.3, 0.4) is 0 Å². The fraction of sp³-hybridized carbons (Fsp3) is 0.529. The summed E-state index contributed by atoms with van der Waals surface area (Å²) in [6.45, 7) is 3.76. The summed E-state index contributed by atoms with van der Waals surface area (Å²) in [6, 6.07) is 8.56. The molecule has 2 heterocycles. The van der Waals surface area contributed by atoms with Crippen LogP contribution < -0.4 is 16.0 Å². The number of nitrogens with one attached hydrogen (secondary N) is 3. The van der Waals surface area contributed by atoms with Gasteiger partial charge in [-0.15, -0.1) is 0 Å². The molecular weight excluding hydrogens is 308 g/mol. The number of ether oxygens (including phenoxy) is 1. The summed E-state index contributed by atoms with van der Waals surface area (Å²) in [5, 5.41) is 9.03. The Labute approximate surface area is 141 Å². The monoisotopic (exact) mass is 332 g/mol. The molecule has 2 atom stereocenters. The molecule has 2 aliphatic rings. The topological polar surface area (TPSA) is 82.7 Å². The van der Waals surface area contributed by atoms with E-state index in [0.717, 1.165) is 25.1 Å². The van der Waals surface area contributed by atoms with Crippen molar-refractivity contribution in [2.75, 3.05) is 39.3 Å². The second-order valence-electron chi connectivity index (χ2n) is 6.03. The van der Waals surface area contributed by atoms with Crippen LogP contribution in [0.1, 0.15) is 18.0 Å². The molecule has 2 unspecified atom stereocenters. The third-order valence-electron chi connectivity index (χ3n) is 4.29. The normalized spacial score (nSPS) is 24.8. The molecule has 0 spiro atoms. The Bertz CT molecular complexity index is 558. The average Bonchev–Trinajstić information content (AvgIpc) is 2.89. The maximum absolute atomic E-state index is 12.6. The molecule has 0 saturated carbocycles. The molecule has 0 bridgehead atoms. The van der Waals surface area contributed by atoms with Crippen molar-refractivity contribution in [2.24, 2.45) is 0 Å². The summed E-state index contributed by atoms with van der Waals surface area (Å²) in [5.41, 5.74) is 0.817. The van der Waals surface area contributed by atoms with Crippen LogP contribution in [0.25, 0.3) is 0 Å². The number of carbonyl (C=O) groups is 2. The highest BCUT2D eigenvalue weighted by atomic mass is 16.5. The number of carbonyl (C=O) groups excluding carboxylic acids is 2. The van der Waals surface area contributed by atoms with Gasteiger partial charge in [-0.3, -0.25) is 4.79 Å². The molecule has 130 valence electrons. The van der Waals surface area contributed by atoms with E-state index in [1.54, 1.807) is 4.90 Å². The maximum atomic E-state index is 12.6. The predicted octanol–water partition coefficient (Wildman–Crippen LogP) is 0.248. The Hall–Kier alpha value is -2.12. The van der Waals surface area contributed by atoms with Crippen LogP contribution in [0.15, 0.2) is 30.3 Å². The van der Waals surface area contributed by atoms with Crippen molar-refractivity contribution in [3.63, 3.8) is 0 Å². The lowest BCUT2D eigenvalue weighted by molar-refractivity contribution is -0.127. The van der Waals surface area contributed by atoms with Gasteiger partial charge < -0.3 is 25.6 Å². The minimum absolute atomic E-state index is 0.0368. The quantitative estimate of drug-likeness (QED) is 0.741. The first-order chi connectivity index (χ1) is 11.8. The minimum Gasteiger partial charge on any atom is -0.375 e. The van der Waals surface area contributed by atoms with Crippen molar-refractivity contribution >= 4 is 11.9 Å². The number of hydrogen-bond acceptors (Lipinski definition) is 4. The average molecular weight is 332 g/mol. The number of nitrogens with zero attached hydrogens (tertiary/aromatic N) is 1. The molecule has 3 amide bonds. The van der Waals surface area contributed by atoms with Gasteiger partial charge in [0.15, 0.2) is 0 Å². The lowest BCUT2D eigenvalue weighted by Crippen LogP contribution is -2.55. The fourth-order valence-electron chi connectivity index (χ4n) is 3.06. The molecule has 0 radical (unpaired) electrons. The first kappa shape index (κ1) is 16.7. The predicted molar refractivity (Wildman–Crippen MR) is 89.5 cm³/mol. The number of rotatable bonds is 3. The van der Waals surface area contributed by atoms with Crippen molar-refractivity contribution in [1.29, 1.82) is 0 Å². The first-order valence-corrected chi connectivity index (χ1v) is 8.45. The van der Waals surface area contributed by atoms with E-state index >= 15 is 0 Å². The number of benzene rings is 1. The van der Waals surface area contributed by atoms with Gasteiger partial charge in [-0.2, -0.15) is 0 Å². The third kappa shape index (κ3) is 4.04. The molecule has 1 aromatic carbocycles. The molecule has 24 heavy (non-hydrogen) atoms. The molecule has 3 rings (SSSR count). The SMILES string of the molecule is O=C1NCCN(C(=O)NCC2CNCCCO2)C1c1ccccc1. The summed E-state index contributed by atoms with van der Waals surface area (Å²) in [6.07, 6.45) is 0.942. The summed E-state index contributed by atoms with van der Waals surface area (Å²) < 4.78 is 5.70. The van der Waals surface area contributed by atoms with E-state index in [2.05, 4.69) is 16.0 Å². The molecule has 0 aliphatic carbocycles. The van der Waals surface area contributed by atoms with Crippen LogP contribution in [-0.4, -0.2) is 62.3 Å². The van der Waals surface area contributed by atoms with E-state index in [4.69, 9.17) is 4.74 Å². The second-order valence-corrected chi connectivity index (χ2v) is 6.03. The summed E-state index contributed by atoms with van der Waals surface area (Å²) in [4.78, 5) is 26.5. The van der Waals surface area contributed by atoms with Crippen LogP contribution in [0.5, 0.6) is 0 Å². The summed E-state index contributed by atoms with van der Waals surface area (Å²) >= 11 is 0. The van der Waals surface area contributed by atoms with E-state index in [1.165, 1.54) is 0 Å². The van der Waals surface area contributed by atoms with Gasteiger partial charge in [0.2, 0.25) is 5.91 Å². The van der Waals surface area contributed by atoms with Crippen LogP contribution in [-0.2, 0) is 9.53 Å². The minimum atomic E-state index is -0.590. The number of amides is 3. The molecule has 2 fully saturated rings. The Morgan fingerprint density at radius 1 is 1.29 bits per heavy atom. The largest absolute Gasteiger partial charge is 0.375 e. The lowest BCUT2D eigenvalue weighted by atomic mass is 10.0. The van der Waals surface area contributed by atoms with Crippen LogP contribution >= 0.6 is 0 Å². The van der Waals surface area contributed by atoms with Gasteiger partial charge in [0.05, 0.1) is 6.10 Å². The van der Waals surface area contributed by atoms with Crippen molar-refractivity contribution in [3.8, 4) is 0 Å². The third-order valence-corrected chi connectivity index (χ3v) is 4.29. The van der Waals surface area contributed by atoms with Crippen LogP contribution in [0.2, 0.25) is 0 Å². The Morgan fingerprint density at radius 3 is 2.96 bits per heavy atom. The Morgan fingerprint density at radius 2 is 2.12 bits per heavy atom. The van der Waals surface area contributed by atoms with Crippen molar-refractivity contribution in [2.45, 2.75) is 18.6 Å². The second kappa shape index (κ2) is 8.12. The first-order valence-electron chi connectivity index (χ1n) is 8.45. The van der Waals surface area contributed by atoms with Crippen molar-refractivity contribution in [1.82, 2.24) is 20.9 Å². The molecule has 7 heteroatoms. The van der Waals surface area contributed by atoms with Crippen LogP contribution in [0, 0.1) is 0 Å². The number of piperazine rings is 1. The molecule has 0 aromatic heterocycles. The summed E-state index contributed by atoms with van der Waals surface area (Å²) in [7, 11) is 0. The Balaban J connectivity index is 1.64. The standard InChI is InChI=1S/C17H24N4O3/c22-16-15(13-5-2-1-3-6-13)21(9-8-19-16)17(23)20-12-14-11-18-7-4-10-24-14/h1-3,5-6,14-15,18H,4,7-12H2,(H,19,22)(H,20,23). The van der Waals surface area contributed by atoms with Gasteiger partial charge in [0, 0.05) is 32.8 Å². The zero-order valence-electron chi connectivity index (χ0n) is 13.7. The van der Waals surface area contributed by atoms with Gasteiger partial charge in [-0.1, -0.05) is 30.3 Å². The highest BCUT2D eigenvalue weighted by molar-refractivity contribution is 5.89. The number of hydrogen-bond donors (Lipinski definition) is 3. The zero-order chi connectivity index (χ0) is 16.8. The number of urea groups is 1. The molecule has 3 N–H and O–H groups in total. The Kier molecular flexibility index (Phi) is 5.66. The van der Waals surface area contributed by atoms with Gasteiger partial charge in [0.1, 0.15) is 6.04 Å². The highest BCUT2D eigenvalue weighted by Gasteiger charge is 2.34. The molecule has 1 aromatic rings. The van der Waals surface area contributed by atoms with Crippen LogP contribution in [0.4, 0.5) is 4.79 Å². The molecule has 2 aliphatic heterocycles. The summed E-state index contributed by atoms with van der Waals surface area (Å²) in [5.74, 6) is -0.144. The maximum Gasteiger partial charge on any atom is 0.318 e. The van der Waals surface area contributed by atoms with E-state index in [-0.39, 0.29) is 18.0 Å². The van der Waals surface area contributed by atoms with Gasteiger partial charge >= 0.3 is 6.03 Å². The smallest absolute Gasteiger partial charge is 0.318 e. The van der Waals surface area contributed by atoms with Gasteiger partial charge in [-0.25, -0.2) is 4.79 Å². The van der Waals surface area contributed by atoms with Gasteiger partial charge in [0.25, 0.3) is 0 Å². The molecular formula is C17H24N4O3. The van der Waals surface area contributed by atoms with E-state index in [9.17, 15) is 9.59 Å². The van der Waals surface area contributed by atoms with Gasteiger partial charge in [-0.05, 0) is 18.5 Å². The van der Waals surface area contributed by atoms with Crippen molar-refractivity contribution < 1.29 is 14.3 Å².